The van der Waals surface area contributed by atoms with Gasteiger partial charge < -0.3 is 29.6 Å². The topological polar surface area (TPSA) is 101 Å². The quantitative estimate of drug-likeness (QED) is 0.475. The Hall–Kier alpha value is -2.00. The summed E-state index contributed by atoms with van der Waals surface area (Å²) in [6.07, 6.45) is -0.0220. The normalized spacial score (nSPS) is 30.7. The lowest BCUT2D eigenvalue weighted by Crippen LogP contribution is -2.59. The van der Waals surface area contributed by atoms with Gasteiger partial charge in [0.1, 0.15) is 18.8 Å². The maximum atomic E-state index is 10.4. The van der Waals surface area contributed by atoms with Crippen molar-refractivity contribution in [1.82, 2.24) is 0 Å². The lowest BCUT2D eigenvalue weighted by Gasteiger charge is -2.42. The number of fused-ring (bicyclic) bond motifs is 2. The lowest BCUT2D eigenvalue weighted by atomic mass is 9.85. The summed E-state index contributed by atoms with van der Waals surface area (Å²) in [6.45, 7) is -0.462. The molecule has 0 spiro atoms. The van der Waals surface area contributed by atoms with E-state index in [9.17, 15) is 15.3 Å². The molecule has 0 aromatic heterocycles. The summed E-state index contributed by atoms with van der Waals surface area (Å²) in [7, 11) is 1.49. The van der Waals surface area contributed by atoms with Crippen molar-refractivity contribution in [1.29, 1.82) is 0 Å². The Labute approximate surface area is 179 Å². The van der Waals surface area contributed by atoms with E-state index in [1.807, 2.05) is 30.3 Å². The number of aliphatic hydroxyl groups is 3. The number of hydrogen-bond donors (Lipinski definition) is 3. The second kappa shape index (κ2) is 8.26. The summed E-state index contributed by atoms with van der Waals surface area (Å²) in [5.41, 5.74) is 2.19. The molecule has 0 amide bonds. The summed E-state index contributed by atoms with van der Waals surface area (Å²) in [4.78, 5) is 4.69. The van der Waals surface area contributed by atoms with Gasteiger partial charge >= 0.3 is 0 Å². The van der Waals surface area contributed by atoms with Crippen LogP contribution >= 0.6 is 11.6 Å². The molecule has 30 heavy (non-hydrogen) atoms. The van der Waals surface area contributed by atoms with Gasteiger partial charge in [-0.3, -0.25) is 0 Å². The van der Waals surface area contributed by atoms with Gasteiger partial charge in [0, 0.05) is 17.0 Å². The van der Waals surface area contributed by atoms with E-state index < -0.39 is 30.2 Å². The zero-order chi connectivity index (χ0) is 21.4. The van der Waals surface area contributed by atoms with Crippen molar-refractivity contribution in [2.24, 2.45) is 5.16 Å². The molecule has 2 saturated heterocycles. The van der Waals surface area contributed by atoms with Crippen LogP contribution in [0.15, 0.2) is 47.6 Å². The number of benzene rings is 2. The zero-order valence-corrected chi connectivity index (χ0v) is 17.2. The molecule has 0 radical (unpaired) electrons. The Balaban J connectivity index is 1.60. The molecule has 7 nitrogen and oxygen atoms in total. The van der Waals surface area contributed by atoms with Crippen molar-refractivity contribution < 1.29 is 29.6 Å². The van der Waals surface area contributed by atoms with Crippen LogP contribution in [0.25, 0.3) is 0 Å². The summed E-state index contributed by atoms with van der Waals surface area (Å²) < 4.78 is 11.9. The van der Waals surface area contributed by atoms with Gasteiger partial charge in [-0.25, -0.2) is 0 Å². The molecule has 2 heterocycles. The smallest absolute Gasteiger partial charge is 0.198 e. The van der Waals surface area contributed by atoms with Crippen LogP contribution in [-0.2, 0) is 26.5 Å². The molecule has 2 aliphatic rings. The van der Waals surface area contributed by atoms with Crippen molar-refractivity contribution in [3.8, 4) is 0 Å². The highest BCUT2D eigenvalue weighted by atomic mass is 35.5. The fourth-order valence-electron chi connectivity index (χ4n) is 4.04. The molecule has 2 fully saturated rings. The first-order valence-electron chi connectivity index (χ1n) is 9.67. The highest BCUT2D eigenvalue weighted by molar-refractivity contribution is 6.31. The molecule has 2 bridgehead atoms. The Bertz CT molecular complexity index is 936. The van der Waals surface area contributed by atoms with Crippen LogP contribution in [-0.4, -0.2) is 59.7 Å². The molecule has 0 unspecified atom stereocenters. The summed E-state index contributed by atoms with van der Waals surface area (Å²) in [5, 5.41) is 34.8. The Morgan fingerprint density at radius 3 is 2.70 bits per heavy atom. The minimum atomic E-state index is -1.34. The van der Waals surface area contributed by atoms with Gasteiger partial charge in [0.2, 0.25) is 0 Å². The average Bonchev–Trinajstić information content (AvgIpc) is 3.10. The molecule has 2 aliphatic heterocycles. The highest BCUT2D eigenvalue weighted by Crippen LogP contribution is 2.49. The minimum Gasteiger partial charge on any atom is -0.399 e. The minimum absolute atomic E-state index is 0.00975. The molecule has 160 valence electrons. The molecule has 4 rings (SSSR count). The van der Waals surface area contributed by atoms with E-state index >= 15 is 0 Å². The average molecular weight is 434 g/mol. The van der Waals surface area contributed by atoms with Gasteiger partial charge in [0.25, 0.3) is 0 Å². The second-order valence-corrected chi connectivity index (χ2v) is 8.13. The largest absolute Gasteiger partial charge is 0.399 e. The van der Waals surface area contributed by atoms with Gasteiger partial charge in [-0.05, 0) is 35.2 Å². The van der Waals surface area contributed by atoms with Gasteiger partial charge in [-0.15, -0.1) is 0 Å². The van der Waals surface area contributed by atoms with E-state index in [0.29, 0.717) is 17.0 Å². The van der Waals surface area contributed by atoms with E-state index in [2.05, 4.69) is 5.16 Å². The SMILES string of the molecule is CO/N=C/c1ccc(Cc2cc([C@]34C[C@@H](O)[C@H](O)[C@](CO)(CO3)O4)ccc2Cl)cc1. The van der Waals surface area contributed by atoms with Gasteiger partial charge in [0.15, 0.2) is 5.79 Å². The fourth-order valence-corrected chi connectivity index (χ4v) is 4.23. The molecule has 2 aromatic rings. The van der Waals surface area contributed by atoms with Crippen LogP contribution in [0, 0.1) is 0 Å². The second-order valence-electron chi connectivity index (χ2n) is 7.72. The molecule has 3 N–H and O–H groups in total. The van der Waals surface area contributed by atoms with Crippen molar-refractivity contribution >= 4 is 17.8 Å². The number of ether oxygens (including phenoxy) is 2. The van der Waals surface area contributed by atoms with E-state index in [-0.39, 0.29) is 13.0 Å². The first-order valence-corrected chi connectivity index (χ1v) is 10.0. The lowest BCUT2D eigenvalue weighted by molar-refractivity contribution is -0.281. The van der Waals surface area contributed by atoms with E-state index in [1.165, 1.54) is 7.11 Å². The third-order valence-electron chi connectivity index (χ3n) is 5.73. The molecular weight excluding hydrogens is 410 g/mol. The van der Waals surface area contributed by atoms with Crippen LogP contribution < -0.4 is 0 Å². The van der Waals surface area contributed by atoms with Crippen molar-refractivity contribution in [3.05, 3.63) is 69.7 Å². The molecule has 0 aliphatic carbocycles. The number of nitrogens with zero attached hydrogens (tertiary/aromatic N) is 1. The third kappa shape index (κ3) is 3.73. The van der Waals surface area contributed by atoms with Gasteiger partial charge in [0.05, 0.1) is 25.5 Å². The number of rotatable bonds is 6. The summed E-state index contributed by atoms with van der Waals surface area (Å²) in [5.74, 6) is -1.23. The van der Waals surface area contributed by atoms with E-state index in [1.54, 1.807) is 18.3 Å². The Morgan fingerprint density at radius 1 is 1.23 bits per heavy atom. The number of oxime groups is 1. The standard InChI is InChI=1S/C22H24ClNO6/c1-28-24-11-15-4-2-14(3-5-15)8-16-9-17(6-7-18(16)23)22-10-19(26)20(27)21(12-25,30-22)13-29-22/h2-7,9,11,19-20,25-27H,8,10,12-13H2,1H3/b24-11+/t19-,20+,21+,22-/m1/s1. The number of hydrogen-bond acceptors (Lipinski definition) is 7. The summed E-state index contributed by atoms with van der Waals surface area (Å²) in [6, 6.07) is 13.3. The molecule has 0 saturated carbocycles. The number of aliphatic hydroxyl groups excluding tert-OH is 3. The third-order valence-corrected chi connectivity index (χ3v) is 6.10. The first kappa shape index (κ1) is 21.2. The first-order chi connectivity index (χ1) is 14.4. The zero-order valence-electron chi connectivity index (χ0n) is 16.5. The molecule has 2 aromatic carbocycles. The van der Waals surface area contributed by atoms with Gasteiger partial charge in [-0.1, -0.05) is 47.1 Å². The highest BCUT2D eigenvalue weighted by Gasteiger charge is 2.62. The van der Waals surface area contributed by atoms with Crippen LogP contribution in [0.3, 0.4) is 0 Å². The van der Waals surface area contributed by atoms with E-state index in [0.717, 1.165) is 16.7 Å². The Kier molecular flexibility index (Phi) is 5.85. The van der Waals surface area contributed by atoms with Crippen molar-refractivity contribution in [2.75, 3.05) is 20.3 Å². The fraction of sp³-hybridized carbons (Fsp3) is 0.409. The van der Waals surface area contributed by atoms with Crippen LogP contribution in [0.1, 0.15) is 28.7 Å². The van der Waals surface area contributed by atoms with Crippen LogP contribution in [0.5, 0.6) is 0 Å². The number of halogens is 1. The predicted molar refractivity (Wildman–Crippen MR) is 110 cm³/mol. The van der Waals surface area contributed by atoms with Gasteiger partial charge in [-0.2, -0.15) is 0 Å². The molecule has 8 heteroatoms. The Morgan fingerprint density at radius 2 is 2.00 bits per heavy atom. The monoisotopic (exact) mass is 433 g/mol. The molecule has 4 atom stereocenters. The molecular formula is C22H24ClNO6. The van der Waals surface area contributed by atoms with Crippen LogP contribution in [0.4, 0.5) is 0 Å². The maximum absolute atomic E-state index is 10.4. The summed E-state index contributed by atoms with van der Waals surface area (Å²) >= 11 is 6.44. The van der Waals surface area contributed by atoms with Crippen molar-refractivity contribution in [2.45, 2.75) is 36.4 Å². The van der Waals surface area contributed by atoms with Crippen LogP contribution in [0.2, 0.25) is 5.02 Å². The van der Waals surface area contributed by atoms with Crippen molar-refractivity contribution in [3.63, 3.8) is 0 Å². The van der Waals surface area contributed by atoms with E-state index in [4.69, 9.17) is 25.9 Å². The predicted octanol–water partition coefficient (Wildman–Crippen LogP) is 1.97. The maximum Gasteiger partial charge on any atom is 0.198 e.